The van der Waals surface area contributed by atoms with Crippen molar-refractivity contribution >= 4 is 37.6 Å². The molecule has 0 saturated heterocycles. The summed E-state index contributed by atoms with van der Waals surface area (Å²) < 4.78 is 17.1. The summed E-state index contributed by atoms with van der Waals surface area (Å²) in [5.74, 6) is -2.64. The summed E-state index contributed by atoms with van der Waals surface area (Å²) in [5, 5.41) is 0.318. The number of carbonyl (C=O) groups excluding carboxylic acids is 3. The number of carbonyl (C=O) groups is 3. The van der Waals surface area contributed by atoms with E-state index in [2.05, 4.69) is 20.8 Å². The Kier molecular flexibility index (Phi) is 9.06. The number of hydrogen-bond acceptors (Lipinski definition) is 6. The van der Waals surface area contributed by atoms with E-state index >= 15 is 0 Å². The van der Waals surface area contributed by atoms with Gasteiger partial charge in [-0.2, -0.15) is 0 Å². The lowest BCUT2D eigenvalue weighted by Crippen LogP contribution is -2.48. The number of hydrogen-bond donors (Lipinski definition) is 0. The summed E-state index contributed by atoms with van der Waals surface area (Å²) in [6, 6.07) is 6.74. The highest BCUT2D eigenvalue weighted by atomic mass is 35.5. The molecule has 2 atom stereocenters. The van der Waals surface area contributed by atoms with Gasteiger partial charge in [0, 0.05) is 5.02 Å². The van der Waals surface area contributed by atoms with E-state index in [1.807, 2.05) is 13.1 Å². The maximum Gasteiger partial charge on any atom is 0.378 e. The molecule has 6 nitrogen and oxygen atoms in total. The molecule has 0 N–H and O–H groups in total. The lowest BCUT2D eigenvalue weighted by Gasteiger charge is -2.41. The maximum absolute atomic E-state index is 13.1. The van der Waals surface area contributed by atoms with Crippen LogP contribution in [0.15, 0.2) is 24.3 Å². The van der Waals surface area contributed by atoms with Crippen molar-refractivity contribution < 1.29 is 28.3 Å². The van der Waals surface area contributed by atoms with Crippen LogP contribution in [0.1, 0.15) is 60.1 Å². The van der Waals surface area contributed by atoms with Gasteiger partial charge in [0.1, 0.15) is 6.10 Å². The van der Waals surface area contributed by atoms with Crippen molar-refractivity contribution in [3.8, 4) is 0 Å². The minimum Gasteiger partial charge on any atom is -0.460 e. The van der Waals surface area contributed by atoms with Crippen molar-refractivity contribution in [3.63, 3.8) is 0 Å². The topological polar surface area (TPSA) is 78.9 Å². The van der Waals surface area contributed by atoms with E-state index in [0.29, 0.717) is 10.6 Å². The summed E-state index contributed by atoms with van der Waals surface area (Å²) in [6.45, 7) is 16.9. The largest absolute Gasteiger partial charge is 0.460 e. The standard InChI is InChI=1S/C23H35ClO6Si/c1-10-28-20(26)17(25)19(29-21(27)22(2,3)4)18(15-11-13-16(24)14-12-15)30-31(8,9)23(5,6)7/h11-14,18-19H,10H2,1-9H3/t18-,19?/m1/s1. The van der Waals surface area contributed by atoms with Gasteiger partial charge >= 0.3 is 11.9 Å². The van der Waals surface area contributed by atoms with Gasteiger partial charge in [-0.15, -0.1) is 0 Å². The van der Waals surface area contributed by atoms with Crippen LogP contribution in [0.5, 0.6) is 0 Å². The molecule has 0 spiro atoms. The second-order valence-electron chi connectivity index (χ2n) is 10.0. The highest BCUT2D eigenvalue weighted by molar-refractivity contribution is 6.74. The van der Waals surface area contributed by atoms with Crippen LogP contribution in [-0.4, -0.2) is 38.8 Å². The predicted octanol–water partition coefficient (Wildman–Crippen LogP) is 5.49. The first-order valence-corrected chi connectivity index (χ1v) is 13.6. The second-order valence-corrected chi connectivity index (χ2v) is 15.2. The van der Waals surface area contributed by atoms with Crippen LogP contribution in [0.3, 0.4) is 0 Å². The fourth-order valence-electron chi connectivity index (χ4n) is 2.31. The summed E-state index contributed by atoms with van der Waals surface area (Å²) in [4.78, 5) is 38.1. The molecule has 8 heteroatoms. The average molecular weight is 471 g/mol. The Hall–Kier alpha value is -1.70. The van der Waals surface area contributed by atoms with Crippen LogP contribution in [-0.2, 0) is 28.3 Å². The Labute approximate surface area is 191 Å². The molecule has 0 saturated carbocycles. The van der Waals surface area contributed by atoms with Crippen molar-refractivity contribution in [2.45, 2.75) is 78.8 Å². The van der Waals surface area contributed by atoms with Gasteiger partial charge in [-0.1, -0.05) is 44.5 Å². The normalized spacial score (nSPS) is 14.5. The third-order valence-electron chi connectivity index (χ3n) is 5.28. The summed E-state index contributed by atoms with van der Waals surface area (Å²) in [6.07, 6.45) is -2.47. The minimum absolute atomic E-state index is 0.0270. The first-order valence-electron chi connectivity index (χ1n) is 10.4. The second kappa shape index (κ2) is 10.3. The molecule has 1 aromatic carbocycles. The van der Waals surface area contributed by atoms with Crippen LogP contribution >= 0.6 is 11.6 Å². The molecular weight excluding hydrogens is 436 g/mol. The van der Waals surface area contributed by atoms with Crippen LogP contribution in [0.4, 0.5) is 0 Å². The number of rotatable bonds is 8. The van der Waals surface area contributed by atoms with E-state index < -0.39 is 43.7 Å². The lowest BCUT2D eigenvalue weighted by molar-refractivity contribution is -0.174. The van der Waals surface area contributed by atoms with Crippen molar-refractivity contribution in [2.24, 2.45) is 5.41 Å². The molecule has 31 heavy (non-hydrogen) atoms. The van der Waals surface area contributed by atoms with E-state index in [4.69, 9.17) is 25.5 Å². The monoisotopic (exact) mass is 470 g/mol. The highest BCUT2D eigenvalue weighted by Crippen LogP contribution is 2.41. The number of ether oxygens (including phenoxy) is 2. The third kappa shape index (κ3) is 7.44. The molecule has 1 rings (SSSR count). The molecule has 0 bridgehead atoms. The number of esters is 2. The summed E-state index contributed by atoms with van der Waals surface area (Å²) >= 11 is 6.04. The molecule has 0 aliphatic rings. The Morgan fingerprint density at radius 3 is 1.94 bits per heavy atom. The molecular formula is C23H35ClO6Si. The molecule has 0 amide bonds. The SMILES string of the molecule is CCOC(=O)C(=O)C(OC(=O)C(C)(C)C)[C@H](O[Si](C)(C)C(C)(C)C)c1ccc(Cl)cc1. The zero-order valence-corrected chi connectivity index (χ0v) is 21.8. The molecule has 0 aromatic heterocycles. The molecule has 1 unspecified atom stereocenters. The van der Waals surface area contributed by atoms with Gasteiger partial charge in [0.15, 0.2) is 8.32 Å². The van der Waals surface area contributed by atoms with Crippen LogP contribution in [0.25, 0.3) is 0 Å². The Morgan fingerprint density at radius 1 is 1.00 bits per heavy atom. The molecule has 0 fully saturated rings. The van der Waals surface area contributed by atoms with Gasteiger partial charge < -0.3 is 13.9 Å². The van der Waals surface area contributed by atoms with Crippen molar-refractivity contribution in [3.05, 3.63) is 34.9 Å². The van der Waals surface area contributed by atoms with Crippen molar-refractivity contribution in [1.82, 2.24) is 0 Å². The number of ketones is 1. The Balaban J connectivity index is 3.57. The van der Waals surface area contributed by atoms with Gasteiger partial charge in [-0.05, 0) is 63.5 Å². The van der Waals surface area contributed by atoms with Gasteiger partial charge in [0.2, 0.25) is 6.10 Å². The Bertz CT molecular complexity index is 790. The van der Waals surface area contributed by atoms with Crippen molar-refractivity contribution in [2.75, 3.05) is 6.61 Å². The fraction of sp³-hybridized carbons (Fsp3) is 0.609. The van der Waals surface area contributed by atoms with Gasteiger partial charge in [0.25, 0.3) is 5.78 Å². The van der Waals surface area contributed by atoms with Gasteiger partial charge in [-0.3, -0.25) is 9.59 Å². The lowest BCUT2D eigenvalue weighted by atomic mass is 9.96. The number of benzene rings is 1. The predicted molar refractivity (Wildman–Crippen MR) is 123 cm³/mol. The van der Waals surface area contributed by atoms with Crippen LogP contribution in [0, 0.1) is 5.41 Å². The first kappa shape index (κ1) is 27.3. The molecule has 1 aromatic rings. The van der Waals surface area contributed by atoms with E-state index in [1.54, 1.807) is 52.0 Å². The zero-order chi connectivity index (χ0) is 24.2. The molecule has 0 aliphatic heterocycles. The smallest absolute Gasteiger partial charge is 0.378 e. The summed E-state index contributed by atoms with van der Waals surface area (Å²) in [7, 11) is -2.45. The molecule has 0 aliphatic carbocycles. The van der Waals surface area contributed by atoms with E-state index in [1.165, 1.54) is 0 Å². The molecule has 0 radical (unpaired) electrons. The fourth-order valence-corrected chi connectivity index (χ4v) is 3.69. The number of halogens is 1. The molecule has 0 heterocycles. The van der Waals surface area contributed by atoms with Gasteiger partial charge in [0.05, 0.1) is 12.0 Å². The van der Waals surface area contributed by atoms with Gasteiger partial charge in [-0.25, -0.2) is 4.79 Å². The first-order chi connectivity index (χ1) is 14.0. The highest BCUT2D eigenvalue weighted by Gasteiger charge is 2.46. The third-order valence-corrected chi connectivity index (χ3v) is 9.99. The number of Topliss-reactive ketones (excluding diaryl/α,β-unsaturated/α-hetero) is 1. The van der Waals surface area contributed by atoms with Crippen molar-refractivity contribution in [1.29, 1.82) is 0 Å². The zero-order valence-electron chi connectivity index (χ0n) is 20.0. The van der Waals surface area contributed by atoms with Crippen LogP contribution < -0.4 is 0 Å². The quantitative estimate of drug-likeness (QED) is 0.284. The minimum atomic E-state index is -2.45. The van der Waals surface area contributed by atoms with Crippen LogP contribution in [0.2, 0.25) is 23.2 Å². The van der Waals surface area contributed by atoms with E-state index in [9.17, 15) is 14.4 Å². The van der Waals surface area contributed by atoms with E-state index in [0.717, 1.165) is 0 Å². The summed E-state index contributed by atoms with van der Waals surface area (Å²) in [5.41, 5.74) is -0.298. The maximum atomic E-state index is 13.1. The Morgan fingerprint density at radius 2 is 1.52 bits per heavy atom. The van der Waals surface area contributed by atoms with E-state index in [-0.39, 0.29) is 11.6 Å². The average Bonchev–Trinajstić information content (AvgIpc) is 2.63. The molecule has 174 valence electrons.